The summed E-state index contributed by atoms with van der Waals surface area (Å²) in [6.45, 7) is 9.42. The van der Waals surface area contributed by atoms with Crippen LogP contribution in [0.3, 0.4) is 0 Å². The number of benzene rings is 1. The van der Waals surface area contributed by atoms with Gasteiger partial charge in [0, 0.05) is 18.7 Å². The van der Waals surface area contributed by atoms with Gasteiger partial charge in [0.05, 0.1) is 17.5 Å². The molecule has 1 aliphatic carbocycles. The van der Waals surface area contributed by atoms with Gasteiger partial charge in [0.2, 0.25) is 11.8 Å². The summed E-state index contributed by atoms with van der Waals surface area (Å²) in [5, 5.41) is 8.44. The summed E-state index contributed by atoms with van der Waals surface area (Å²) in [6, 6.07) is 5.89. The van der Waals surface area contributed by atoms with Crippen molar-refractivity contribution in [1.29, 1.82) is 0 Å². The predicted octanol–water partition coefficient (Wildman–Crippen LogP) is 4.76. The standard InChI is InChI=1S/C21H31N3O2/c1-6-26-20-17-13-16(11-12-18(17)24(5)23-20)22-19(25)14-7-9-15(10-8-14)21(2,3)4/h11-15H,6-10H2,1-5H3,(H,22,25). The number of carbonyl (C=O) groups excluding carboxylic acids is 1. The van der Waals surface area contributed by atoms with E-state index in [0.29, 0.717) is 23.8 Å². The minimum absolute atomic E-state index is 0.115. The molecule has 0 unspecified atom stereocenters. The van der Waals surface area contributed by atoms with Crippen molar-refractivity contribution in [3.8, 4) is 5.88 Å². The van der Waals surface area contributed by atoms with Crippen LogP contribution >= 0.6 is 0 Å². The third kappa shape index (κ3) is 3.87. The second-order valence-electron chi connectivity index (χ2n) is 8.50. The second kappa shape index (κ2) is 7.29. The molecule has 5 heteroatoms. The number of rotatable bonds is 4. The summed E-state index contributed by atoms with van der Waals surface area (Å²) in [6.07, 6.45) is 4.23. The van der Waals surface area contributed by atoms with Gasteiger partial charge in [0.1, 0.15) is 0 Å². The second-order valence-corrected chi connectivity index (χ2v) is 8.50. The number of aromatic nitrogens is 2. The average molecular weight is 357 g/mol. The van der Waals surface area contributed by atoms with Crippen LogP contribution in [0.1, 0.15) is 53.4 Å². The van der Waals surface area contributed by atoms with Crippen molar-refractivity contribution in [3.63, 3.8) is 0 Å². The molecule has 1 aromatic carbocycles. The van der Waals surface area contributed by atoms with E-state index in [2.05, 4.69) is 31.2 Å². The molecule has 1 fully saturated rings. The molecule has 3 rings (SSSR count). The van der Waals surface area contributed by atoms with Crippen LogP contribution in [0.15, 0.2) is 18.2 Å². The Labute approximate surface area is 156 Å². The van der Waals surface area contributed by atoms with Crippen LogP contribution < -0.4 is 10.1 Å². The lowest BCUT2D eigenvalue weighted by Gasteiger charge is -2.36. The monoisotopic (exact) mass is 357 g/mol. The highest BCUT2D eigenvalue weighted by Gasteiger charge is 2.32. The zero-order chi connectivity index (χ0) is 18.9. The van der Waals surface area contributed by atoms with Crippen LogP contribution in [0.25, 0.3) is 10.9 Å². The molecule has 0 spiro atoms. The number of aryl methyl sites for hydroxylation is 1. The van der Waals surface area contributed by atoms with Crippen LogP contribution in [0, 0.1) is 17.3 Å². The quantitative estimate of drug-likeness (QED) is 0.858. The van der Waals surface area contributed by atoms with Gasteiger partial charge in [-0.1, -0.05) is 20.8 Å². The van der Waals surface area contributed by atoms with Crippen molar-refractivity contribution < 1.29 is 9.53 Å². The van der Waals surface area contributed by atoms with Crippen molar-refractivity contribution in [2.45, 2.75) is 53.4 Å². The maximum absolute atomic E-state index is 12.7. The molecule has 1 heterocycles. The van der Waals surface area contributed by atoms with Crippen LogP contribution in [0.5, 0.6) is 5.88 Å². The molecule has 1 amide bonds. The van der Waals surface area contributed by atoms with E-state index in [4.69, 9.17) is 4.74 Å². The molecule has 0 aliphatic heterocycles. The lowest BCUT2D eigenvalue weighted by Crippen LogP contribution is -2.31. The summed E-state index contributed by atoms with van der Waals surface area (Å²) >= 11 is 0. The molecular weight excluding hydrogens is 326 g/mol. The van der Waals surface area contributed by atoms with Gasteiger partial charge in [-0.05, 0) is 62.1 Å². The Kier molecular flexibility index (Phi) is 5.26. The molecule has 0 bridgehead atoms. The number of anilines is 1. The first-order chi connectivity index (χ1) is 12.3. The lowest BCUT2D eigenvalue weighted by atomic mass is 9.69. The molecule has 5 nitrogen and oxygen atoms in total. The Hall–Kier alpha value is -2.04. The molecule has 1 aliphatic rings. The van der Waals surface area contributed by atoms with Gasteiger partial charge in [-0.15, -0.1) is 5.10 Å². The van der Waals surface area contributed by atoms with Crippen LogP contribution in [-0.4, -0.2) is 22.3 Å². The van der Waals surface area contributed by atoms with Crippen molar-refractivity contribution in [1.82, 2.24) is 9.78 Å². The predicted molar refractivity (Wildman–Crippen MR) is 105 cm³/mol. The number of nitrogens with zero attached hydrogens (tertiary/aromatic N) is 2. The summed E-state index contributed by atoms with van der Waals surface area (Å²) in [4.78, 5) is 12.7. The highest BCUT2D eigenvalue weighted by atomic mass is 16.5. The molecule has 2 aromatic rings. The molecule has 1 aromatic heterocycles. The first kappa shape index (κ1) is 18.7. The SMILES string of the molecule is CCOc1nn(C)c2ccc(NC(=O)C3CCC(C(C)(C)C)CC3)cc12. The van der Waals surface area contributed by atoms with Gasteiger partial charge in [0.25, 0.3) is 0 Å². The Morgan fingerprint density at radius 1 is 1.27 bits per heavy atom. The zero-order valence-electron chi connectivity index (χ0n) is 16.6. The van der Waals surface area contributed by atoms with Crippen LogP contribution in [-0.2, 0) is 11.8 Å². The summed E-state index contributed by atoms with van der Waals surface area (Å²) < 4.78 is 7.42. The average Bonchev–Trinajstić information content (AvgIpc) is 2.90. The molecule has 1 N–H and O–H groups in total. The van der Waals surface area contributed by atoms with Gasteiger partial charge in [-0.2, -0.15) is 0 Å². The summed E-state index contributed by atoms with van der Waals surface area (Å²) in [5.74, 6) is 1.59. The molecular formula is C21H31N3O2. The van der Waals surface area contributed by atoms with Crippen LogP contribution in [0.4, 0.5) is 5.69 Å². The van der Waals surface area contributed by atoms with E-state index in [0.717, 1.165) is 42.3 Å². The normalized spacial score (nSPS) is 21.0. The van der Waals surface area contributed by atoms with E-state index < -0.39 is 0 Å². The van der Waals surface area contributed by atoms with E-state index in [1.165, 1.54) is 0 Å². The number of nitrogens with one attached hydrogen (secondary N) is 1. The smallest absolute Gasteiger partial charge is 0.240 e. The fourth-order valence-corrected chi connectivity index (χ4v) is 4.02. The van der Waals surface area contributed by atoms with E-state index in [-0.39, 0.29) is 11.8 Å². The van der Waals surface area contributed by atoms with Crippen molar-refractivity contribution >= 4 is 22.5 Å². The Morgan fingerprint density at radius 3 is 2.58 bits per heavy atom. The van der Waals surface area contributed by atoms with Gasteiger partial charge in [0.15, 0.2) is 0 Å². The Morgan fingerprint density at radius 2 is 1.96 bits per heavy atom. The maximum Gasteiger partial charge on any atom is 0.240 e. The zero-order valence-corrected chi connectivity index (χ0v) is 16.6. The summed E-state index contributed by atoms with van der Waals surface area (Å²) in [7, 11) is 1.90. The number of ether oxygens (including phenoxy) is 1. The van der Waals surface area contributed by atoms with Crippen molar-refractivity contribution in [3.05, 3.63) is 18.2 Å². The number of carbonyl (C=O) groups is 1. The Balaban J connectivity index is 1.69. The fraction of sp³-hybridized carbons (Fsp3) is 0.619. The van der Waals surface area contributed by atoms with E-state index >= 15 is 0 Å². The van der Waals surface area contributed by atoms with Crippen molar-refractivity contribution in [2.24, 2.45) is 24.3 Å². The van der Waals surface area contributed by atoms with E-state index in [1.54, 1.807) is 4.68 Å². The summed E-state index contributed by atoms with van der Waals surface area (Å²) in [5.41, 5.74) is 2.15. The molecule has 0 atom stereocenters. The topological polar surface area (TPSA) is 56.1 Å². The first-order valence-corrected chi connectivity index (χ1v) is 9.70. The fourth-order valence-electron chi connectivity index (χ4n) is 4.02. The minimum Gasteiger partial charge on any atom is -0.476 e. The first-order valence-electron chi connectivity index (χ1n) is 9.70. The van der Waals surface area contributed by atoms with Gasteiger partial charge in [-0.25, -0.2) is 0 Å². The molecule has 26 heavy (non-hydrogen) atoms. The van der Waals surface area contributed by atoms with E-state index in [9.17, 15) is 4.79 Å². The molecule has 1 saturated carbocycles. The maximum atomic E-state index is 12.7. The third-order valence-corrected chi connectivity index (χ3v) is 5.69. The lowest BCUT2D eigenvalue weighted by molar-refractivity contribution is -0.121. The molecule has 0 radical (unpaired) electrons. The number of hydrogen-bond acceptors (Lipinski definition) is 3. The Bertz CT molecular complexity index is 780. The third-order valence-electron chi connectivity index (χ3n) is 5.69. The van der Waals surface area contributed by atoms with E-state index in [1.807, 2.05) is 32.2 Å². The van der Waals surface area contributed by atoms with Crippen LogP contribution in [0.2, 0.25) is 0 Å². The number of hydrogen-bond donors (Lipinski definition) is 1. The highest BCUT2D eigenvalue weighted by molar-refractivity contribution is 5.96. The van der Waals surface area contributed by atoms with Crippen molar-refractivity contribution in [2.75, 3.05) is 11.9 Å². The number of fused-ring (bicyclic) bond motifs is 1. The molecule has 142 valence electrons. The molecule has 0 saturated heterocycles. The minimum atomic E-state index is 0.115. The van der Waals surface area contributed by atoms with Gasteiger partial charge in [-0.3, -0.25) is 9.48 Å². The van der Waals surface area contributed by atoms with Gasteiger partial charge >= 0.3 is 0 Å². The van der Waals surface area contributed by atoms with Gasteiger partial charge < -0.3 is 10.1 Å². The highest BCUT2D eigenvalue weighted by Crippen LogP contribution is 2.40. The number of amides is 1. The largest absolute Gasteiger partial charge is 0.476 e.